The quantitative estimate of drug-likeness (QED) is 0.161. The standard InChI is InChI=1S/C74H76BN3O/c1-19-54(70-47(6)55-27-21-23-30-66(55)79-70)48-33-45(4)69(46(5)34-48)78-63-42-62-57(56-28-20-22-29-60(56)77(62)68-43(2)25-24-26-44(68)3)41-59(63)75-58-38-49(71(7,8)9)31-32-61(58)76(64-39-52(74(16,17)18)40-65(78)67(64)75)53-36-50(72(10,11)12)35-51(37-53)73(13,14)15/h19-42H,1,6H2,2-5,7-18H3/b70-54-. The van der Waals surface area contributed by atoms with Crippen LogP contribution >= 0.6 is 0 Å². The number of nitrogens with zero attached hydrogens (tertiary/aromatic N) is 3. The van der Waals surface area contributed by atoms with Gasteiger partial charge in [-0.1, -0.05) is 181 Å². The van der Waals surface area contributed by atoms with E-state index in [1.165, 1.54) is 111 Å². The van der Waals surface area contributed by atoms with Crippen molar-refractivity contribution in [1.82, 2.24) is 4.57 Å². The van der Waals surface area contributed by atoms with Gasteiger partial charge in [0.2, 0.25) is 0 Å². The van der Waals surface area contributed by atoms with Crippen molar-refractivity contribution < 1.29 is 4.42 Å². The summed E-state index contributed by atoms with van der Waals surface area (Å²) in [5.74, 6) is 0. The maximum Gasteiger partial charge on any atom is 0.252 e. The van der Waals surface area contributed by atoms with Gasteiger partial charge in [-0.05, 0) is 176 Å². The Hall–Kier alpha value is -7.76. The molecule has 4 nitrogen and oxygen atoms in total. The Balaban J connectivity index is 1.25. The minimum atomic E-state index is -0.197. The highest BCUT2D eigenvalue weighted by Gasteiger charge is 2.46. The van der Waals surface area contributed by atoms with Gasteiger partial charge in [-0.3, -0.25) is 0 Å². The molecular weight excluding hydrogens is 958 g/mol. The number of hydrogen-bond donors (Lipinski definition) is 0. The molecule has 4 heterocycles. The molecule has 0 aliphatic carbocycles. The lowest BCUT2D eigenvalue weighted by Gasteiger charge is -2.46. The second-order valence-electron chi connectivity index (χ2n) is 27.1. The van der Waals surface area contributed by atoms with Crippen molar-refractivity contribution >= 4 is 102 Å². The van der Waals surface area contributed by atoms with Crippen LogP contribution in [0.4, 0.5) is 34.1 Å². The molecule has 0 spiro atoms. The van der Waals surface area contributed by atoms with E-state index in [0.29, 0.717) is 0 Å². The Morgan fingerprint density at radius 1 is 0.468 bits per heavy atom. The average molecular weight is 1030 g/mol. The fraction of sp³-hybridized carbons (Fsp3) is 0.270. The number of para-hydroxylation sites is 3. The minimum Gasteiger partial charge on any atom is -0.455 e. The summed E-state index contributed by atoms with van der Waals surface area (Å²) < 4.78 is 9.16. The smallest absolute Gasteiger partial charge is 0.252 e. The van der Waals surface area contributed by atoms with Gasteiger partial charge < -0.3 is 18.8 Å². The fourth-order valence-electron chi connectivity index (χ4n) is 13.0. The maximum atomic E-state index is 6.61. The molecule has 396 valence electrons. The zero-order chi connectivity index (χ0) is 56.2. The molecule has 12 rings (SSSR count). The van der Waals surface area contributed by atoms with Gasteiger partial charge in [0.05, 0.1) is 22.4 Å². The molecule has 0 bridgehead atoms. The molecule has 0 fully saturated rings. The van der Waals surface area contributed by atoms with E-state index in [-0.39, 0.29) is 28.4 Å². The van der Waals surface area contributed by atoms with Gasteiger partial charge >= 0.3 is 0 Å². The predicted octanol–water partition coefficient (Wildman–Crippen LogP) is 16.8. The Bertz CT molecular complexity index is 4270. The van der Waals surface area contributed by atoms with Crippen LogP contribution in [0.25, 0.3) is 50.6 Å². The number of aromatic nitrogens is 1. The summed E-state index contributed by atoms with van der Waals surface area (Å²) in [4.78, 5) is 5.30. The van der Waals surface area contributed by atoms with Gasteiger partial charge in [0.1, 0.15) is 11.0 Å². The second-order valence-corrected chi connectivity index (χ2v) is 27.1. The lowest BCUT2D eigenvalue weighted by Crippen LogP contribution is -2.61. The van der Waals surface area contributed by atoms with Gasteiger partial charge in [0, 0.05) is 55.4 Å². The number of hydrogen-bond acceptors (Lipinski definition) is 3. The van der Waals surface area contributed by atoms with Crippen LogP contribution in [0, 0.1) is 27.7 Å². The minimum absolute atomic E-state index is 0.0826. The summed E-state index contributed by atoms with van der Waals surface area (Å²) >= 11 is 0. The summed E-state index contributed by atoms with van der Waals surface area (Å²) in [6, 6.07) is 53.6. The van der Waals surface area contributed by atoms with Crippen LogP contribution in [-0.4, -0.2) is 11.3 Å². The molecule has 0 N–H and O–H groups in total. The third-order valence-electron chi connectivity index (χ3n) is 17.3. The van der Waals surface area contributed by atoms with Crippen molar-refractivity contribution in [3.8, 4) is 5.69 Å². The molecular formula is C74H76BN3O. The monoisotopic (exact) mass is 1030 g/mol. The molecule has 0 saturated heterocycles. The largest absolute Gasteiger partial charge is 0.455 e. The number of anilines is 6. The topological polar surface area (TPSA) is 24.6 Å². The molecule has 5 heteroatoms. The first-order valence-electron chi connectivity index (χ1n) is 28.4. The highest BCUT2D eigenvalue weighted by molar-refractivity contribution is 7.00. The third kappa shape index (κ3) is 8.24. The SMILES string of the molecule is C=C/C(c1cc(C)c(N2c3cc4c(cc3B3c5cc(C(C)(C)C)ccc5N(c5cc(C(C)(C)C)cc(C(C)(C)C)c5)c5cc(C(C)(C)C)cc2c53)c2ccccc2n4-c2c(C)cccc2C)c(C)c1)=c1/oc2ccccc2c1=C. The van der Waals surface area contributed by atoms with Crippen molar-refractivity contribution in [1.29, 1.82) is 0 Å². The summed E-state index contributed by atoms with van der Waals surface area (Å²) in [6.07, 6.45) is 1.94. The van der Waals surface area contributed by atoms with Gasteiger partial charge in [-0.25, -0.2) is 0 Å². The third-order valence-corrected chi connectivity index (χ3v) is 17.3. The molecule has 0 atom stereocenters. The number of rotatable bonds is 5. The maximum absolute atomic E-state index is 6.61. The van der Waals surface area contributed by atoms with Crippen molar-refractivity contribution in [2.24, 2.45) is 0 Å². The first-order chi connectivity index (χ1) is 37.2. The first-order valence-corrected chi connectivity index (χ1v) is 28.4. The molecule has 8 aromatic carbocycles. The van der Waals surface area contributed by atoms with Gasteiger partial charge in [0.25, 0.3) is 6.71 Å². The van der Waals surface area contributed by atoms with Crippen molar-refractivity contribution in [3.63, 3.8) is 0 Å². The van der Waals surface area contributed by atoms with E-state index in [4.69, 9.17) is 4.42 Å². The Labute approximate surface area is 469 Å². The lowest BCUT2D eigenvalue weighted by molar-refractivity contribution is 0.568. The normalized spacial score (nSPS) is 14.1. The number of furan rings is 1. The Morgan fingerprint density at radius 2 is 1.03 bits per heavy atom. The molecule has 0 unspecified atom stereocenters. The number of fused-ring (bicyclic) bond motifs is 8. The van der Waals surface area contributed by atoms with Crippen LogP contribution in [-0.2, 0) is 21.7 Å². The van der Waals surface area contributed by atoms with E-state index in [2.05, 4.69) is 260 Å². The van der Waals surface area contributed by atoms with Gasteiger partial charge in [-0.15, -0.1) is 0 Å². The van der Waals surface area contributed by atoms with E-state index in [9.17, 15) is 0 Å². The highest BCUT2D eigenvalue weighted by atomic mass is 16.3. The Kier molecular flexibility index (Phi) is 11.8. The molecule has 0 amide bonds. The molecule has 2 aliphatic rings. The molecule has 0 saturated carbocycles. The average Bonchev–Trinajstić information content (AvgIpc) is 4.10. The van der Waals surface area contributed by atoms with Gasteiger partial charge in [0.15, 0.2) is 0 Å². The second kappa shape index (κ2) is 17.9. The fourth-order valence-corrected chi connectivity index (χ4v) is 13.0. The van der Waals surface area contributed by atoms with E-state index in [1.54, 1.807) is 0 Å². The van der Waals surface area contributed by atoms with Crippen molar-refractivity contribution in [2.45, 2.75) is 132 Å². The first kappa shape index (κ1) is 52.0. The van der Waals surface area contributed by atoms with E-state index in [0.717, 1.165) is 43.9 Å². The Morgan fingerprint density at radius 3 is 1.62 bits per heavy atom. The molecule has 79 heavy (non-hydrogen) atoms. The van der Waals surface area contributed by atoms with Gasteiger partial charge in [-0.2, -0.15) is 0 Å². The summed E-state index contributed by atoms with van der Waals surface area (Å²) in [5.41, 5.74) is 27.9. The van der Waals surface area contributed by atoms with Crippen LogP contribution in [0.5, 0.6) is 0 Å². The van der Waals surface area contributed by atoms with Crippen LogP contribution < -0.4 is 36.8 Å². The molecule has 2 aliphatic heterocycles. The van der Waals surface area contributed by atoms with Crippen molar-refractivity contribution in [3.05, 3.63) is 213 Å². The number of benzene rings is 8. The van der Waals surface area contributed by atoms with Crippen LogP contribution in [0.1, 0.15) is 133 Å². The zero-order valence-corrected chi connectivity index (χ0v) is 49.6. The van der Waals surface area contributed by atoms with Crippen molar-refractivity contribution in [2.75, 3.05) is 9.80 Å². The zero-order valence-electron chi connectivity index (χ0n) is 49.6. The lowest BCUT2D eigenvalue weighted by atomic mass is 9.33. The molecule has 0 radical (unpaired) electrons. The van der Waals surface area contributed by atoms with Crippen LogP contribution in [0.15, 0.2) is 157 Å². The predicted molar refractivity (Wildman–Crippen MR) is 342 cm³/mol. The van der Waals surface area contributed by atoms with E-state index in [1.807, 2.05) is 24.3 Å². The molecule has 10 aromatic rings. The summed E-state index contributed by atoms with van der Waals surface area (Å²) in [5, 5.41) is 4.38. The highest BCUT2D eigenvalue weighted by Crippen LogP contribution is 2.50. The molecule has 2 aromatic heterocycles. The van der Waals surface area contributed by atoms with E-state index < -0.39 is 0 Å². The number of aryl methyl sites for hydroxylation is 4. The van der Waals surface area contributed by atoms with Crippen LogP contribution in [0.3, 0.4) is 0 Å². The van der Waals surface area contributed by atoms with Crippen LogP contribution in [0.2, 0.25) is 0 Å². The summed E-state index contributed by atoms with van der Waals surface area (Å²) in [6.45, 7) is 46.2. The number of allylic oxidation sites excluding steroid dienone is 1. The van der Waals surface area contributed by atoms with E-state index >= 15 is 0 Å². The summed E-state index contributed by atoms with van der Waals surface area (Å²) in [7, 11) is 0.